The van der Waals surface area contributed by atoms with Crippen LogP contribution in [0.1, 0.15) is 48.0 Å². The quantitative estimate of drug-likeness (QED) is 0.550. The fourth-order valence-corrected chi connectivity index (χ4v) is 1.47. The molecule has 0 saturated carbocycles. The van der Waals surface area contributed by atoms with Crippen LogP contribution in [0.5, 0.6) is 0 Å². The highest BCUT2D eigenvalue weighted by Crippen LogP contribution is 2.25. The topological polar surface area (TPSA) is 0 Å². The fraction of sp³-hybridized carbons (Fsp3) is 0.833. The Balaban J connectivity index is 4.17. The van der Waals surface area contributed by atoms with Gasteiger partial charge in [-0.05, 0) is 31.1 Å². The Morgan fingerprint density at radius 1 is 1.08 bits per heavy atom. The molecule has 0 amide bonds. The van der Waals surface area contributed by atoms with Crippen LogP contribution < -0.4 is 0 Å². The lowest BCUT2D eigenvalue weighted by Gasteiger charge is -2.21. The molecule has 0 rings (SSSR count). The van der Waals surface area contributed by atoms with Crippen LogP contribution in [0.4, 0.5) is 0 Å². The molecule has 0 radical (unpaired) electrons. The van der Waals surface area contributed by atoms with Crippen LogP contribution in [0.2, 0.25) is 0 Å². The average Bonchev–Trinajstić information content (AvgIpc) is 1.98. The molecule has 0 saturated heterocycles. The van der Waals surface area contributed by atoms with Crippen LogP contribution in [-0.4, -0.2) is 0 Å². The molecule has 0 aliphatic heterocycles. The van der Waals surface area contributed by atoms with Crippen molar-refractivity contribution in [3.05, 3.63) is 11.6 Å². The van der Waals surface area contributed by atoms with Gasteiger partial charge in [0.25, 0.3) is 0 Å². The van der Waals surface area contributed by atoms with Gasteiger partial charge < -0.3 is 0 Å². The van der Waals surface area contributed by atoms with Gasteiger partial charge in [-0.15, -0.1) is 0 Å². The third-order valence-corrected chi connectivity index (χ3v) is 2.60. The van der Waals surface area contributed by atoms with Gasteiger partial charge in [0.2, 0.25) is 0 Å². The van der Waals surface area contributed by atoms with Crippen molar-refractivity contribution in [2.75, 3.05) is 0 Å². The molecule has 0 aromatic heterocycles. The summed E-state index contributed by atoms with van der Waals surface area (Å²) in [5.41, 5.74) is 1.63. The molecule has 0 heteroatoms. The van der Waals surface area contributed by atoms with Crippen LogP contribution in [0.3, 0.4) is 0 Å². The lowest BCUT2D eigenvalue weighted by Crippen LogP contribution is -2.09. The summed E-state index contributed by atoms with van der Waals surface area (Å²) in [5.74, 6) is 2.31. The Bertz CT molecular complexity index is 140. The molecular formula is C12H24. The van der Waals surface area contributed by atoms with Crippen LogP contribution in [-0.2, 0) is 0 Å². The number of hydrogen-bond donors (Lipinski definition) is 0. The van der Waals surface area contributed by atoms with Crippen LogP contribution in [0.25, 0.3) is 0 Å². The van der Waals surface area contributed by atoms with Crippen molar-refractivity contribution in [3.63, 3.8) is 0 Å². The van der Waals surface area contributed by atoms with Gasteiger partial charge in [0, 0.05) is 0 Å². The summed E-state index contributed by atoms with van der Waals surface area (Å²) in [4.78, 5) is 0. The van der Waals surface area contributed by atoms with Gasteiger partial charge in [-0.25, -0.2) is 0 Å². The van der Waals surface area contributed by atoms with Gasteiger partial charge in [-0.1, -0.05) is 46.3 Å². The normalized spacial score (nSPS) is 15.8. The minimum Gasteiger partial charge on any atom is -0.0882 e. The third kappa shape index (κ3) is 3.94. The molecule has 0 fully saturated rings. The van der Waals surface area contributed by atoms with Crippen molar-refractivity contribution in [1.29, 1.82) is 0 Å². The summed E-state index contributed by atoms with van der Waals surface area (Å²) in [6.07, 6.45) is 3.56. The van der Waals surface area contributed by atoms with E-state index in [-0.39, 0.29) is 0 Å². The van der Waals surface area contributed by atoms with Gasteiger partial charge >= 0.3 is 0 Å². The minimum atomic E-state index is 0.748. The van der Waals surface area contributed by atoms with E-state index in [1.165, 1.54) is 6.42 Å². The Morgan fingerprint density at radius 2 is 1.58 bits per heavy atom. The molecule has 0 aromatic carbocycles. The first-order valence-corrected chi connectivity index (χ1v) is 5.14. The standard InChI is InChI=1S/C12H24/c1-7-12(8-9(2)3)11(6)10(4)5/h7,9-11H,8H2,1-6H3. The smallest absolute Gasteiger partial charge is 0.0209 e. The lowest BCUT2D eigenvalue weighted by molar-refractivity contribution is 0.447. The van der Waals surface area contributed by atoms with E-state index in [1.54, 1.807) is 5.57 Å². The van der Waals surface area contributed by atoms with Crippen molar-refractivity contribution < 1.29 is 0 Å². The zero-order valence-electron chi connectivity index (χ0n) is 9.52. The van der Waals surface area contributed by atoms with Crippen LogP contribution in [0.15, 0.2) is 11.6 Å². The van der Waals surface area contributed by atoms with Crippen molar-refractivity contribution in [2.45, 2.75) is 48.0 Å². The molecule has 0 aliphatic rings. The molecule has 0 aromatic rings. The van der Waals surface area contributed by atoms with Crippen molar-refractivity contribution in [2.24, 2.45) is 17.8 Å². The van der Waals surface area contributed by atoms with E-state index in [0.717, 1.165) is 17.8 Å². The highest BCUT2D eigenvalue weighted by molar-refractivity contribution is 5.05. The lowest BCUT2D eigenvalue weighted by atomic mass is 9.85. The Labute approximate surface area is 78.1 Å². The minimum absolute atomic E-state index is 0.748. The monoisotopic (exact) mass is 168 g/mol. The van der Waals surface area contributed by atoms with Gasteiger partial charge in [-0.3, -0.25) is 0 Å². The number of hydrogen-bond acceptors (Lipinski definition) is 0. The molecule has 0 heterocycles. The summed E-state index contributed by atoms with van der Waals surface area (Å²) in [7, 11) is 0. The summed E-state index contributed by atoms with van der Waals surface area (Å²) in [6, 6.07) is 0. The third-order valence-electron chi connectivity index (χ3n) is 2.60. The van der Waals surface area contributed by atoms with E-state index < -0.39 is 0 Å². The maximum Gasteiger partial charge on any atom is -0.0209 e. The molecule has 0 aliphatic carbocycles. The molecule has 12 heavy (non-hydrogen) atoms. The molecule has 1 unspecified atom stereocenters. The van der Waals surface area contributed by atoms with E-state index in [1.807, 2.05) is 0 Å². The second-order valence-corrected chi connectivity index (χ2v) is 4.49. The molecule has 0 bridgehead atoms. The maximum atomic E-state index is 2.34. The van der Waals surface area contributed by atoms with E-state index in [4.69, 9.17) is 0 Å². The maximum absolute atomic E-state index is 2.34. The van der Waals surface area contributed by atoms with Crippen molar-refractivity contribution in [3.8, 4) is 0 Å². The molecule has 0 nitrogen and oxygen atoms in total. The second-order valence-electron chi connectivity index (χ2n) is 4.49. The Hall–Kier alpha value is -0.260. The number of allylic oxidation sites excluding steroid dienone is 2. The van der Waals surface area contributed by atoms with E-state index in [2.05, 4.69) is 47.6 Å². The van der Waals surface area contributed by atoms with E-state index >= 15 is 0 Å². The SMILES string of the molecule is CC=C(CC(C)C)C(C)C(C)C. The van der Waals surface area contributed by atoms with E-state index in [0.29, 0.717) is 0 Å². The zero-order valence-corrected chi connectivity index (χ0v) is 9.52. The zero-order chi connectivity index (χ0) is 9.72. The number of rotatable bonds is 4. The first-order valence-electron chi connectivity index (χ1n) is 5.14. The molecular weight excluding hydrogens is 144 g/mol. The van der Waals surface area contributed by atoms with Crippen molar-refractivity contribution in [1.82, 2.24) is 0 Å². The van der Waals surface area contributed by atoms with Crippen LogP contribution >= 0.6 is 0 Å². The van der Waals surface area contributed by atoms with Gasteiger partial charge in [0.15, 0.2) is 0 Å². The van der Waals surface area contributed by atoms with Gasteiger partial charge in [0.1, 0.15) is 0 Å². The summed E-state index contributed by atoms with van der Waals surface area (Å²) in [6.45, 7) is 13.7. The highest BCUT2D eigenvalue weighted by atomic mass is 14.2. The molecule has 72 valence electrons. The van der Waals surface area contributed by atoms with Gasteiger partial charge in [0.05, 0.1) is 0 Å². The fourth-order valence-electron chi connectivity index (χ4n) is 1.47. The Kier molecular flexibility index (Phi) is 5.28. The average molecular weight is 168 g/mol. The van der Waals surface area contributed by atoms with Gasteiger partial charge in [-0.2, -0.15) is 0 Å². The second kappa shape index (κ2) is 5.40. The highest BCUT2D eigenvalue weighted by Gasteiger charge is 2.12. The Morgan fingerprint density at radius 3 is 1.83 bits per heavy atom. The molecule has 0 spiro atoms. The van der Waals surface area contributed by atoms with Crippen molar-refractivity contribution >= 4 is 0 Å². The first-order chi connectivity index (χ1) is 5.49. The van der Waals surface area contributed by atoms with Crippen LogP contribution in [0, 0.1) is 17.8 Å². The largest absolute Gasteiger partial charge is 0.0882 e. The molecule has 0 N–H and O–H groups in total. The summed E-state index contributed by atoms with van der Waals surface area (Å²) in [5, 5.41) is 0. The van der Waals surface area contributed by atoms with E-state index in [9.17, 15) is 0 Å². The predicted molar refractivity (Wildman–Crippen MR) is 57.2 cm³/mol. The summed E-state index contributed by atoms with van der Waals surface area (Å²) >= 11 is 0. The molecule has 1 atom stereocenters. The first kappa shape index (κ1) is 11.7. The predicted octanol–water partition coefficient (Wildman–Crippen LogP) is 4.27. The summed E-state index contributed by atoms with van der Waals surface area (Å²) < 4.78 is 0.